The molecule has 1 aromatic carbocycles. The largest absolute Gasteiger partial charge is 0.392 e. The molecule has 1 rings (SSSR count). The van der Waals surface area contributed by atoms with Gasteiger partial charge in [-0.05, 0) is 17.2 Å². The SMILES string of the molecule is O=[N+]([O-])OCc1ccc(CO)cc1Cl. The molecule has 0 amide bonds. The molecule has 0 atom stereocenters. The lowest BCUT2D eigenvalue weighted by atomic mass is 10.1. The Kier molecular flexibility index (Phi) is 3.67. The third-order valence-electron chi connectivity index (χ3n) is 1.63. The molecule has 1 aromatic rings. The molecule has 0 spiro atoms. The molecule has 0 unspecified atom stereocenters. The van der Waals surface area contributed by atoms with E-state index in [1.165, 1.54) is 0 Å². The van der Waals surface area contributed by atoms with Crippen LogP contribution in [0.4, 0.5) is 0 Å². The smallest absolute Gasteiger partial charge is 0.294 e. The summed E-state index contributed by atoms with van der Waals surface area (Å²) in [6, 6.07) is 4.75. The summed E-state index contributed by atoms with van der Waals surface area (Å²) in [6.45, 7) is -0.298. The van der Waals surface area contributed by atoms with Gasteiger partial charge in [0.05, 0.1) is 6.61 Å². The van der Waals surface area contributed by atoms with E-state index in [0.717, 1.165) is 0 Å². The van der Waals surface area contributed by atoms with Crippen LogP contribution in [0.15, 0.2) is 18.2 Å². The number of benzene rings is 1. The Morgan fingerprint density at radius 2 is 2.29 bits per heavy atom. The normalized spacial score (nSPS) is 9.86. The molecule has 0 saturated carbocycles. The van der Waals surface area contributed by atoms with Crippen LogP contribution in [0.25, 0.3) is 0 Å². The van der Waals surface area contributed by atoms with Crippen LogP contribution in [0.5, 0.6) is 0 Å². The second-order valence-electron chi connectivity index (χ2n) is 2.58. The number of halogens is 1. The summed E-state index contributed by atoms with van der Waals surface area (Å²) in [5.74, 6) is 0. The van der Waals surface area contributed by atoms with Crippen LogP contribution in [0.1, 0.15) is 11.1 Å². The number of rotatable bonds is 4. The van der Waals surface area contributed by atoms with Gasteiger partial charge in [-0.3, -0.25) is 0 Å². The van der Waals surface area contributed by atoms with Gasteiger partial charge in [0, 0.05) is 5.02 Å². The Morgan fingerprint density at radius 3 is 2.79 bits per heavy atom. The molecular formula is C8H8ClNO4. The van der Waals surface area contributed by atoms with Crippen LogP contribution >= 0.6 is 11.6 Å². The lowest BCUT2D eigenvalue weighted by molar-refractivity contribution is -0.763. The fraction of sp³-hybridized carbons (Fsp3) is 0.250. The van der Waals surface area contributed by atoms with Gasteiger partial charge in [0.25, 0.3) is 5.09 Å². The zero-order valence-corrected chi connectivity index (χ0v) is 7.90. The molecule has 0 fully saturated rings. The van der Waals surface area contributed by atoms with Crippen molar-refractivity contribution in [2.75, 3.05) is 0 Å². The van der Waals surface area contributed by atoms with E-state index in [-0.39, 0.29) is 13.2 Å². The van der Waals surface area contributed by atoms with E-state index < -0.39 is 5.09 Å². The Balaban J connectivity index is 2.73. The third kappa shape index (κ3) is 2.86. The average Bonchev–Trinajstić information content (AvgIpc) is 2.15. The zero-order valence-electron chi connectivity index (χ0n) is 7.14. The summed E-state index contributed by atoms with van der Waals surface area (Å²) in [4.78, 5) is 14.1. The summed E-state index contributed by atoms with van der Waals surface area (Å²) in [6.07, 6.45) is 0. The van der Waals surface area contributed by atoms with Gasteiger partial charge in [0.15, 0.2) is 0 Å². The average molecular weight is 218 g/mol. The molecule has 14 heavy (non-hydrogen) atoms. The van der Waals surface area contributed by atoms with Gasteiger partial charge in [-0.25, -0.2) is 0 Å². The lowest BCUT2D eigenvalue weighted by Crippen LogP contribution is -2.01. The van der Waals surface area contributed by atoms with E-state index >= 15 is 0 Å². The minimum absolute atomic E-state index is 0.115. The number of aliphatic hydroxyl groups is 1. The topological polar surface area (TPSA) is 72.6 Å². The van der Waals surface area contributed by atoms with E-state index in [2.05, 4.69) is 4.84 Å². The summed E-state index contributed by atoms with van der Waals surface area (Å²) in [5.41, 5.74) is 1.17. The first-order valence-electron chi connectivity index (χ1n) is 3.79. The first-order chi connectivity index (χ1) is 6.63. The molecule has 1 N–H and O–H groups in total. The van der Waals surface area contributed by atoms with Gasteiger partial charge in [0.2, 0.25) is 0 Å². The summed E-state index contributed by atoms with van der Waals surface area (Å²) < 4.78 is 0. The molecule has 0 heterocycles. The Labute approximate surface area is 85.0 Å². The van der Waals surface area contributed by atoms with Gasteiger partial charge in [-0.1, -0.05) is 23.7 Å². The van der Waals surface area contributed by atoms with E-state index in [1.807, 2.05) is 0 Å². The van der Waals surface area contributed by atoms with E-state index in [1.54, 1.807) is 18.2 Å². The molecule has 0 aliphatic carbocycles. The minimum Gasteiger partial charge on any atom is -0.392 e. The quantitative estimate of drug-likeness (QED) is 0.613. The maximum absolute atomic E-state index is 9.91. The fourth-order valence-corrected chi connectivity index (χ4v) is 1.19. The van der Waals surface area contributed by atoms with Gasteiger partial charge in [-0.15, -0.1) is 10.1 Å². The second-order valence-corrected chi connectivity index (χ2v) is 2.99. The first kappa shape index (κ1) is 10.7. The maximum atomic E-state index is 9.91. The highest BCUT2D eigenvalue weighted by Gasteiger charge is 2.03. The Morgan fingerprint density at radius 1 is 1.57 bits per heavy atom. The highest BCUT2D eigenvalue weighted by atomic mass is 35.5. The molecule has 0 radical (unpaired) electrons. The molecule has 0 aliphatic heterocycles. The van der Waals surface area contributed by atoms with Crippen molar-refractivity contribution in [2.24, 2.45) is 0 Å². The monoisotopic (exact) mass is 217 g/mol. The lowest BCUT2D eigenvalue weighted by Gasteiger charge is -2.04. The van der Waals surface area contributed by atoms with Crippen molar-refractivity contribution >= 4 is 11.6 Å². The van der Waals surface area contributed by atoms with Crippen LogP contribution in [-0.4, -0.2) is 10.2 Å². The van der Waals surface area contributed by atoms with Gasteiger partial charge in [0.1, 0.15) is 6.61 Å². The summed E-state index contributed by atoms with van der Waals surface area (Å²) in [7, 11) is 0. The van der Waals surface area contributed by atoms with Crippen molar-refractivity contribution in [1.82, 2.24) is 0 Å². The Hall–Kier alpha value is -1.33. The predicted molar refractivity (Wildman–Crippen MR) is 49.2 cm³/mol. The van der Waals surface area contributed by atoms with Crippen molar-refractivity contribution in [3.63, 3.8) is 0 Å². The minimum atomic E-state index is -0.879. The molecule has 6 heteroatoms. The van der Waals surface area contributed by atoms with Crippen molar-refractivity contribution in [3.8, 4) is 0 Å². The van der Waals surface area contributed by atoms with Crippen molar-refractivity contribution in [3.05, 3.63) is 44.5 Å². The zero-order chi connectivity index (χ0) is 10.6. The molecule has 5 nitrogen and oxygen atoms in total. The number of hydrogen-bond donors (Lipinski definition) is 1. The molecule has 76 valence electrons. The van der Waals surface area contributed by atoms with E-state index in [4.69, 9.17) is 16.7 Å². The van der Waals surface area contributed by atoms with Crippen LogP contribution < -0.4 is 0 Å². The van der Waals surface area contributed by atoms with Gasteiger partial charge < -0.3 is 9.94 Å². The highest BCUT2D eigenvalue weighted by molar-refractivity contribution is 6.31. The standard InChI is InChI=1S/C8H8ClNO4/c9-8-3-6(4-11)1-2-7(8)5-14-10(12)13/h1-3,11H,4-5H2. The molecule has 0 aromatic heterocycles. The third-order valence-corrected chi connectivity index (χ3v) is 1.98. The van der Waals surface area contributed by atoms with Gasteiger partial charge in [-0.2, -0.15) is 0 Å². The molecule has 0 aliphatic rings. The number of hydrogen-bond acceptors (Lipinski definition) is 4. The van der Waals surface area contributed by atoms with Crippen molar-refractivity contribution < 1.29 is 15.0 Å². The summed E-state index contributed by atoms with van der Waals surface area (Å²) in [5, 5.41) is 18.1. The van der Waals surface area contributed by atoms with Crippen molar-refractivity contribution in [2.45, 2.75) is 13.2 Å². The van der Waals surface area contributed by atoms with E-state index in [0.29, 0.717) is 16.1 Å². The maximum Gasteiger partial charge on any atom is 0.294 e. The molecule has 0 saturated heterocycles. The Bertz CT molecular complexity index is 342. The van der Waals surface area contributed by atoms with E-state index in [9.17, 15) is 10.1 Å². The fourth-order valence-electron chi connectivity index (χ4n) is 0.928. The van der Waals surface area contributed by atoms with Crippen LogP contribution in [0.2, 0.25) is 5.02 Å². The summed E-state index contributed by atoms with van der Waals surface area (Å²) >= 11 is 5.78. The number of nitrogens with zero attached hydrogens (tertiary/aromatic N) is 1. The van der Waals surface area contributed by atoms with Crippen LogP contribution in [0, 0.1) is 10.1 Å². The number of aliphatic hydroxyl groups excluding tert-OH is 1. The van der Waals surface area contributed by atoms with Crippen LogP contribution in [0.3, 0.4) is 0 Å². The predicted octanol–water partition coefficient (Wildman–Crippen LogP) is 1.54. The first-order valence-corrected chi connectivity index (χ1v) is 4.16. The molecular weight excluding hydrogens is 210 g/mol. The van der Waals surface area contributed by atoms with Crippen molar-refractivity contribution in [1.29, 1.82) is 0 Å². The molecule has 0 bridgehead atoms. The second kappa shape index (κ2) is 4.78. The van der Waals surface area contributed by atoms with Gasteiger partial charge >= 0.3 is 0 Å². The van der Waals surface area contributed by atoms with Crippen LogP contribution in [-0.2, 0) is 18.1 Å². The highest BCUT2D eigenvalue weighted by Crippen LogP contribution is 2.18.